The molecule has 0 aliphatic heterocycles. The molecule has 1 aromatic heterocycles. The van der Waals surface area contributed by atoms with Gasteiger partial charge in [-0.25, -0.2) is 4.39 Å². The molecule has 0 fully saturated rings. The van der Waals surface area contributed by atoms with Crippen molar-refractivity contribution in [2.75, 3.05) is 6.61 Å². The Balaban J connectivity index is 1.76. The Labute approximate surface area is 128 Å². The van der Waals surface area contributed by atoms with Crippen LogP contribution >= 0.6 is 15.9 Å². The predicted octanol–water partition coefficient (Wildman–Crippen LogP) is 4.60. The van der Waals surface area contributed by atoms with Gasteiger partial charge in [-0.2, -0.15) is 0 Å². The average Bonchev–Trinajstić information content (AvgIpc) is 2.92. The fourth-order valence-electron chi connectivity index (χ4n) is 1.99. The Kier molecular flexibility index (Phi) is 3.75. The lowest BCUT2D eigenvalue weighted by Crippen LogP contribution is -2.11. The fraction of sp³-hybridized carbons (Fsp3) is 0.0625. The highest BCUT2D eigenvalue weighted by Gasteiger charge is 2.14. The molecule has 3 nitrogen and oxygen atoms in total. The van der Waals surface area contributed by atoms with Crippen molar-refractivity contribution in [3.05, 3.63) is 64.6 Å². The van der Waals surface area contributed by atoms with E-state index >= 15 is 0 Å². The van der Waals surface area contributed by atoms with Crippen LogP contribution in [0.15, 0.2) is 57.6 Å². The molecule has 0 saturated heterocycles. The third kappa shape index (κ3) is 2.83. The van der Waals surface area contributed by atoms with Crippen molar-refractivity contribution in [3.63, 3.8) is 0 Å². The van der Waals surface area contributed by atoms with E-state index in [1.165, 1.54) is 24.5 Å². The van der Waals surface area contributed by atoms with E-state index in [0.29, 0.717) is 21.4 Å². The second-order valence-electron chi connectivity index (χ2n) is 4.43. The molecule has 0 bridgehead atoms. The third-order valence-corrected chi connectivity index (χ3v) is 3.65. The number of halogens is 2. The first-order valence-corrected chi connectivity index (χ1v) is 7.02. The summed E-state index contributed by atoms with van der Waals surface area (Å²) < 4.78 is 24.1. The Hall–Kier alpha value is -2.14. The van der Waals surface area contributed by atoms with Crippen molar-refractivity contribution in [2.45, 2.75) is 0 Å². The highest BCUT2D eigenvalue weighted by Crippen LogP contribution is 2.23. The van der Waals surface area contributed by atoms with Crippen molar-refractivity contribution in [2.24, 2.45) is 0 Å². The van der Waals surface area contributed by atoms with E-state index < -0.39 is 0 Å². The summed E-state index contributed by atoms with van der Waals surface area (Å²) in [5.74, 6) is -0.153. The van der Waals surface area contributed by atoms with Gasteiger partial charge in [0.25, 0.3) is 0 Å². The summed E-state index contributed by atoms with van der Waals surface area (Å²) in [6, 6.07) is 11.5. The molecule has 0 radical (unpaired) electrons. The van der Waals surface area contributed by atoms with Crippen LogP contribution in [0.25, 0.3) is 11.0 Å². The highest BCUT2D eigenvalue weighted by atomic mass is 79.9. The lowest BCUT2D eigenvalue weighted by atomic mass is 10.1. The molecule has 0 aliphatic carbocycles. The molecule has 3 rings (SSSR count). The summed E-state index contributed by atoms with van der Waals surface area (Å²) >= 11 is 3.07. The zero-order chi connectivity index (χ0) is 14.8. The van der Waals surface area contributed by atoms with Crippen LogP contribution in [0.1, 0.15) is 10.4 Å². The van der Waals surface area contributed by atoms with Crippen LogP contribution in [0.2, 0.25) is 0 Å². The number of carbonyl (C=O) groups is 1. The molecule has 2 aromatic carbocycles. The predicted molar refractivity (Wildman–Crippen MR) is 80.1 cm³/mol. The Morgan fingerprint density at radius 2 is 2.05 bits per heavy atom. The van der Waals surface area contributed by atoms with Crippen LogP contribution in [0.3, 0.4) is 0 Å². The van der Waals surface area contributed by atoms with Crippen molar-refractivity contribution >= 4 is 32.7 Å². The number of carbonyl (C=O) groups excluding carboxylic acids is 1. The van der Waals surface area contributed by atoms with Gasteiger partial charge in [-0.1, -0.05) is 18.2 Å². The van der Waals surface area contributed by atoms with E-state index in [1.807, 2.05) is 18.2 Å². The number of ketones is 1. The lowest BCUT2D eigenvalue weighted by molar-refractivity contribution is 0.0922. The summed E-state index contributed by atoms with van der Waals surface area (Å²) in [6.07, 6.45) is 1.43. The molecule has 0 saturated carbocycles. The van der Waals surface area contributed by atoms with Gasteiger partial charge in [0.2, 0.25) is 5.78 Å². The lowest BCUT2D eigenvalue weighted by Gasteiger charge is -2.05. The molecule has 0 N–H and O–H groups in total. The molecule has 0 atom stereocenters. The molecule has 5 heteroatoms. The monoisotopic (exact) mass is 348 g/mol. The topological polar surface area (TPSA) is 39.4 Å². The van der Waals surface area contributed by atoms with Gasteiger partial charge in [0.05, 0.1) is 10.0 Å². The van der Waals surface area contributed by atoms with E-state index in [4.69, 9.17) is 9.15 Å². The Bertz CT molecular complexity index is 810. The van der Waals surface area contributed by atoms with Gasteiger partial charge in [0.15, 0.2) is 6.61 Å². The van der Waals surface area contributed by atoms with Gasteiger partial charge in [-0.15, -0.1) is 0 Å². The molecule has 1 heterocycles. The van der Waals surface area contributed by atoms with E-state index in [1.54, 1.807) is 6.07 Å². The normalized spacial score (nSPS) is 10.8. The quantitative estimate of drug-likeness (QED) is 0.647. The minimum atomic E-state index is -0.380. The number of hydrogen-bond acceptors (Lipinski definition) is 3. The molecule has 3 aromatic rings. The van der Waals surface area contributed by atoms with E-state index in [2.05, 4.69) is 15.9 Å². The maximum atomic E-state index is 13.1. The number of ether oxygens (including phenoxy) is 1. The molecule has 0 aliphatic rings. The summed E-state index contributed by atoms with van der Waals surface area (Å²) in [5, 5.41) is 0.756. The zero-order valence-corrected chi connectivity index (χ0v) is 12.4. The zero-order valence-electron chi connectivity index (χ0n) is 10.8. The van der Waals surface area contributed by atoms with Crippen LogP contribution in [0.4, 0.5) is 4.39 Å². The molecule has 0 amide bonds. The number of para-hydroxylation sites is 1. The van der Waals surface area contributed by atoms with Gasteiger partial charge in [0.1, 0.15) is 23.4 Å². The largest absolute Gasteiger partial charge is 0.485 e. The second kappa shape index (κ2) is 5.69. The second-order valence-corrected chi connectivity index (χ2v) is 5.29. The SMILES string of the molecule is O=C(COc1ccc(F)c(Br)c1)c1coc2ccccc12. The summed E-state index contributed by atoms with van der Waals surface area (Å²) in [6.45, 7) is -0.137. The molecule has 106 valence electrons. The van der Waals surface area contributed by atoms with Gasteiger partial charge >= 0.3 is 0 Å². The molecular formula is C16H10BrFO3. The van der Waals surface area contributed by atoms with E-state index in [0.717, 1.165) is 5.39 Å². The van der Waals surface area contributed by atoms with Gasteiger partial charge in [-0.3, -0.25) is 4.79 Å². The summed E-state index contributed by atoms with van der Waals surface area (Å²) in [5.41, 5.74) is 1.14. The minimum Gasteiger partial charge on any atom is -0.485 e. The maximum absolute atomic E-state index is 13.1. The smallest absolute Gasteiger partial charge is 0.204 e. The first-order valence-electron chi connectivity index (χ1n) is 6.22. The number of rotatable bonds is 4. The van der Waals surface area contributed by atoms with Crippen LogP contribution in [0, 0.1) is 5.82 Å². The number of benzene rings is 2. The molecule has 21 heavy (non-hydrogen) atoms. The van der Waals surface area contributed by atoms with E-state index in [9.17, 15) is 9.18 Å². The minimum absolute atomic E-state index is 0.137. The standard InChI is InChI=1S/C16H10BrFO3/c17-13-7-10(5-6-14(13)18)20-9-15(19)12-8-21-16-4-2-1-3-11(12)16/h1-8H,9H2. The van der Waals surface area contributed by atoms with Crippen LogP contribution in [-0.4, -0.2) is 12.4 Å². The number of furan rings is 1. The van der Waals surface area contributed by atoms with Crippen LogP contribution in [-0.2, 0) is 0 Å². The first-order chi connectivity index (χ1) is 10.1. The van der Waals surface area contributed by atoms with Gasteiger partial charge in [0, 0.05) is 5.39 Å². The third-order valence-electron chi connectivity index (χ3n) is 3.04. The van der Waals surface area contributed by atoms with Crippen molar-refractivity contribution < 1.29 is 18.3 Å². The van der Waals surface area contributed by atoms with Crippen LogP contribution < -0.4 is 4.74 Å². The van der Waals surface area contributed by atoms with E-state index in [-0.39, 0.29) is 18.2 Å². The Morgan fingerprint density at radius 3 is 2.86 bits per heavy atom. The van der Waals surface area contributed by atoms with Crippen LogP contribution in [0.5, 0.6) is 5.75 Å². The van der Waals surface area contributed by atoms with Crippen molar-refractivity contribution in [1.82, 2.24) is 0 Å². The molecule has 0 unspecified atom stereocenters. The van der Waals surface area contributed by atoms with Crippen molar-refractivity contribution in [1.29, 1.82) is 0 Å². The first kappa shape index (κ1) is 13.8. The summed E-state index contributed by atoms with van der Waals surface area (Å²) in [4.78, 5) is 12.2. The summed E-state index contributed by atoms with van der Waals surface area (Å²) in [7, 11) is 0. The number of fused-ring (bicyclic) bond motifs is 1. The molecule has 0 spiro atoms. The molecular weight excluding hydrogens is 339 g/mol. The number of hydrogen-bond donors (Lipinski definition) is 0. The van der Waals surface area contributed by atoms with Gasteiger partial charge in [-0.05, 0) is 40.2 Å². The van der Waals surface area contributed by atoms with Gasteiger partial charge < -0.3 is 9.15 Å². The highest BCUT2D eigenvalue weighted by molar-refractivity contribution is 9.10. The van der Waals surface area contributed by atoms with Crippen molar-refractivity contribution in [3.8, 4) is 5.75 Å². The average molecular weight is 349 g/mol. The Morgan fingerprint density at radius 1 is 1.24 bits per heavy atom. The maximum Gasteiger partial charge on any atom is 0.204 e. The number of Topliss-reactive ketones (excluding diaryl/α,β-unsaturated/α-hetero) is 1. The fourth-order valence-corrected chi connectivity index (χ4v) is 2.34.